The molecule has 134 valence electrons. The minimum absolute atomic E-state index is 0.0245. The number of aryl methyl sites for hydroxylation is 2. The third kappa shape index (κ3) is 4.50. The SMILES string of the molecule is CCc1ccc(C(=O)NCC(c2ccc(C)o2)N2CCOCC2)cc1. The Balaban J connectivity index is 1.67. The van der Waals surface area contributed by atoms with E-state index in [1.54, 1.807) is 0 Å². The van der Waals surface area contributed by atoms with Crippen molar-refractivity contribution in [2.75, 3.05) is 32.8 Å². The maximum absolute atomic E-state index is 12.5. The van der Waals surface area contributed by atoms with Gasteiger partial charge < -0.3 is 14.5 Å². The summed E-state index contributed by atoms with van der Waals surface area (Å²) < 4.78 is 11.3. The van der Waals surface area contributed by atoms with Crippen LogP contribution in [0.25, 0.3) is 0 Å². The number of rotatable bonds is 6. The van der Waals surface area contributed by atoms with Crippen LogP contribution in [-0.2, 0) is 11.2 Å². The normalized spacial score (nSPS) is 16.6. The van der Waals surface area contributed by atoms with Gasteiger partial charge in [0.05, 0.1) is 19.3 Å². The number of benzene rings is 1. The molecule has 1 unspecified atom stereocenters. The number of nitrogens with zero attached hydrogens (tertiary/aromatic N) is 1. The predicted molar refractivity (Wildman–Crippen MR) is 96.7 cm³/mol. The van der Waals surface area contributed by atoms with Crippen molar-refractivity contribution in [3.8, 4) is 0 Å². The first-order chi connectivity index (χ1) is 12.2. The van der Waals surface area contributed by atoms with E-state index in [0.29, 0.717) is 25.3 Å². The minimum Gasteiger partial charge on any atom is -0.465 e. The summed E-state index contributed by atoms with van der Waals surface area (Å²) in [5, 5.41) is 3.06. The molecule has 5 nitrogen and oxygen atoms in total. The molecule has 1 fully saturated rings. The molecule has 1 aliphatic heterocycles. The van der Waals surface area contributed by atoms with E-state index in [9.17, 15) is 4.79 Å². The molecule has 0 radical (unpaired) electrons. The van der Waals surface area contributed by atoms with E-state index in [4.69, 9.17) is 9.15 Å². The van der Waals surface area contributed by atoms with Gasteiger partial charge in [-0.3, -0.25) is 9.69 Å². The highest BCUT2D eigenvalue weighted by atomic mass is 16.5. The average molecular weight is 342 g/mol. The topological polar surface area (TPSA) is 54.7 Å². The summed E-state index contributed by atoms with van der Waals surface area (Å²) in [4.78, 5) is 14.8. The van der Waals surface area contributed by atoms with Crippen LogP contribution < -0.4 is 5.32 Å². The lowest BCUT2D eigenvalue weighted by Gasteiger charge is -2.33. The first kappa shape index (κ1) is 17.7. The predicted octanol–water partition coefficient (Wildman–Crippen LogP) is 2.95. The Hall–Kier alpha value is -2.11. The summed E-state index contributed by atoms with van der Waals surface area (Å²) in [6.45, 7) is 7.66. The number of nitrogens with one attached hydrogen (secondary N) is 1. The molecule has 0 saturated carbocycles. The van der Waals surface area contributed by atoms with Gasteiger partial charge in [0.15, 0.2) is 0 Å². The number of amides is 1. The van der Waals surface area contributed by atoms with E-state index in [1.165, 1.54) is 5.56 Å². The zero-order valence-corrected chi connectivity index (χ0v) is 15.0. The van der Waals surface area contributed by atoms with E-state index in [2.05, 4.69) is 17.1 Å². The molecule has 25 heavy (non-hydrogen) atoms. The van der Waals surface area contributed by atoms with Gasteiger partial charge in [-0.2, -0.15) is 0 Å². The fraction of sp³-hybridized carbons (Fsp3) is 0.450. The number of carbonyl (C=O) groups excluding carboxylic acids is 1. The average Bonchev–Trinajstić information content (AvgIpc) is 3.09. The molecule has 0 bridgehead atoms. The van der Waals surface area contributed by atoms with Crippen LogP contribution in [0.3, 0.4) is 0 Å². The Morgan fingerprint density at radius 1 is 1.16 bits per heavy atom. The Morgan fingerprint density at radius 3 is 2.48 bits per heavy atom. The molecule has 0 aliphatic carbocycles. The molecule has 0 spiro atoms. The molecule has 2 heterocycles. The van der Waals surface area contributed by atoms with Gasteiger partial charge in [0.25, 0.3) is 5.91 Å². The third-order valence-electron chi connectivity index (χ3n) is 4.66. The molecule has 2 aromatic rings. The summed E-state index contributed by atoms with van der Waals surface area (Å²) in [6.07, 6.45) is 0.971. The monoisotopic (exact) mass is 342 g/mol. The van der Waals surface area contributed by atoms with E-state index < -0.39 is 0 Å². The van der Waals surface area contributed by atoms with Crippen molar-refractivity contribution in [2.45, 2.75) is 26.3 Å². The smallest absolute Gasteiger partial charge is 0.251 e. The highest BCUT2D eigenvalue weighted by molar-refractivity contribution is 5.94. The molecule has 1 atom stereocenters. The van der Waals surface area contributed by atoms with E-state index in [1.807, 2.05) is 43.3 Å². The quantitative estimate of drug-likeness (QED) is 0.877. The van der Waals surface area contributed by atoms with Gasteiger partial charge in [0, 0.05) is 25.2 Å². The standard InChI is InChI=1S/C20H26N2O3/c1-3-16-5-7-17(8-6-16)20(23)21-14-18(19-9-4-15(2)25-19)22-10-12-24-13-11-22/h4-9,18H,3,10-14H2,1-2H3,(H,21,23). The van der Waals surface area contributed by atoms with Crippen molar-refractivity contribution in [1.82, 2.24) is 10.2 Å². The molecule has 5 heteroatoms. The lowest BCUT2D eigenvalue weighted by Crippen LogP contribution is -2.43. The number of furan rings is 1. The number of hydrogen-bond donors (Lipinski definition) is 1. The van der Waals surface area contributed by atoms with Crippen LogP contribution in [0, 0.1) is 6.92 Å². The van der Waals surface area contributed by atoms with Gasteiger partial charge in [0.1, 0.15) is 11.5 Å². The van der Waals surface area contributed by atoms with Crippen molar-refractivity contribution in [3.05, 3.63) is 59.0 Å². The number of carbonyl (C=O) groups is 1. The maximum Gasteiger partial charge on any atom is 0.251 e. The number of hydrogen-bond acceptors (Lipinski definition) is 4. The molecule has 1 amide bonds. The second-order valence-electron chi connectivity index (χ2n) is 6.37. The first-order valence-corrected chi connectivity index (χ1v) is 8.92. The summed E-state index contributed by atoms with van der Waals surface area (Å²) in [5.41, 5.74) is 1.92. The summed E-state index contributed by atoms with van der Waals surface area (Å²) in [7, 11) is 0. The fourth-order valence-electron chi connectivity index (χ4n) is 3.11. The molecule has 3 rings (SSSR count). The van der Waals surface area contributed by atoms with Gasteiger partial charge in [0.2, 0.25) is 0 Å². The number of ether oxygens (including phenoxy) is 1. The summed E-state index contributed by atoms with van der Waals surface area (Å²) >= 11 is 0. The first-order valence-electron chi connectivity index (χ1n) is 8.92. The van der Waals surface area contributed by atoms with Crippen molar-refractivity contribution in [3.63, 3.8) is 0 Å². The van der Waals surface area contributed by atoms with Crippen molar-refractivity contribution in [1.29, 1.82) is 0 Å². The largest absolute Gasteiger partial charge is 0.465 e. The Labute approximate surface area is 149 Å². The maximum atomic E-state index is 12.5. The van der Waals surface area contributed by atoms with Gasteiger partial charge in [-0.05, 0) is 43.2 Å². The van der Waals surface area contributed by atoms with Gasteiger partial charge in [-0.1, -0.05) is 19.1 Å². The second-order valence-corrected chi connectivity index (χ2v) is 6.37. The zero-order chi connectivity index (χ0) is 17.6. The van der Waals surface area contributed by atoms with Crippen molar-refractivity contribution < 1.29 is 13.9 Å². The molecular formula is C20H26N2O3. The van der Waals surface area contributed by atoms with Crippen LogP contribution >= 0.6 is 0 Å². The zero-order valence-electron chi connectivity index (χ0n) is 15.0. The van der Waals surface area contributed by atoms with Gasteiger partial charge in [-0.15, -0.1) is 0 Å². The van der Waals surface area contributed by atoms with Crippen molar-refractivity contribution >= 4 is 5.91 Å². The molecule has 1 aromatic heterocycles. The van der Waals surface area contributed by atoms with Crippen LogP contribution in [0.1, 0.15) is 40.4 Å². The van der Waals surface area contributed by atoms with Crippen LogP contribution in [0.4, 0.5) is 0 Å². The molecule has 1 aliphatic rings. The third-order valence-corrected chi connectivity index (χ3v) is 4.66. The van der Waals surface area contributed by atoms with Crippen LogP contribution in [-0.4, -0.2) is 43.7 Å². The molecule has 1 N–H and O–H groups in total. The molecule has 1 aromatic carbocycles. The lowest BCUT2D eigenvalue weighted by molar-refractivity contribution is 0.0117. The molecule has 1 saturated heterocycles. The Kier molecular flexibility index (Phi) is 5.89. The van der Waals surface area contributed by atoms with E-state index in [0.717, 1.165) is 31.0 Å². The Bertz CT molecular complexity index is 687. The van der Waals surface area contributed by atoms with Gasteiger partial charge >= 0.3 is 0 Å². The molecular weight excluding hydrogens is 316 g/mol. The summed E-state index contributed by atoms with van der Waals surface area (Å²) in [6, 6.07) is 11.8. The Morgan fingerprint density at radius 2 is 1.88 bits per heavy atom. The van der Waals surface area contributed by atoms with Crippen LogP contribution in [0.5, 0.6) is 0 Å². The highest BCUT2D eigenvalue weighted by Crippen LogP contribution is 2.23. The minimum atomic E-state index is -0.0517. The number of morpholine rings is 1. The lowest BCUT2D eigenvalue weighted by atomic mass is 10.1. The van der Waals surface area contributed by atoms with Gasteiger partial charge in [-0.25, -0.2) is 0 Å². The van der Waals surface area contributed by atoms with E-state index in [-0.39, 0.29) is 11.9 Å². The fourth-order valence-corrected chi connectivity index (χ4v) is 3.11. The van der Waals surface area contributed by atoms with Crippen LogP contribution in [0.2, 0.25) is 0 Å². The van der Waals surface area contributed by atoms with E-state index >= 15 is 0 Å². The summed E-state index contributed by atoms with van der Waals surface area (Å²) in [5.74, 6) is 1.72. The van der Waals surface area contributed by atoms with Crippen molar-refractivity contribution in [2.24, 2.45) is 0 Å². The second kappa shape index (κ2) is 8.32. The highest BCUT2D eigenvalue weighted by Gasteiger charge is 2.25. The van der Waals surface area contributed by atoms with Crippen LogP contribution in [0.15, 0.2) is 40.8 Å².